The number of aliphatic imine (C=N–C) groups is 1. The minimum Gasteiger partial charge on any atom is -0.370 e. The fourth-order valence-corrected chi connectivity index (χ4v) is 2.76. The van der Waals surface area contributed by atoms with E-state index in [4.69, 9.17) is 10.5 Å². The van der Waals surface area contributed by atoms with Crippen LogP contribution in [0.4, 0.5) is 11.4 Å². The van der Waals surface area contributed by atoms with Crippen LogP contribution in [-0.4, -0.2) is 24.6 Å². The van der Waals surface area contributed by atoms with E-state index in [0.717, 1.165) is 29.8 Å². The minimum atomic E-state index is -0.342. The summed E-state index contributed by atoms with van der Waals surface area (Å²) in [7, 11) is 0. The van der Waals surface area contributed by atoms with Crippen molar-refractivity contribution in [2.75, 3.05) is 17.2 Å². The van der Waals surface area contributed by atoms with Gasteiger partial charge in [0.05, 0.1) is 6.54 Å². The molecule has 2 aromatic carbocycles. The monoisotopic (exact) mass is 480 g/mol. The van der Waals surface area contributed by atoms with E-state index < -0.39 is 0 Å². The number of anilines is 2. The van der Waals surface area contributed by atoms with Crippen LogP contribution >= 0.6 is 24.0 Å². The molecule has 2 aromatic rings. The van der Waals surface area contributed by atoms with Crippen molar-refractivity contribution in [3.05, 3.63) is 59.7 Å². The number of nitrogens with zero attached hydrogens (tertiary/aromatic N) is 1. The molecule has 1 unspecified atom stereocenters. The maximum atomic E-state index is 12.1. The second kappa shape index (κ2) is 10.3. The van der Waals surface area contributed by atoms with Gasteiger partial charge in [0.1, 0.15) is 6.10 Å². The zero-order chi connectivity index (χ0) is 18.4. The van der Waals surface area contributed by atoms with Gasteiger partial charge in [0, 0.05) is 18.0 Å². The predicted molar refractivity (Wildman–Crippen MR) is 120 cm³/mol. The van der Waals surface area contributed by atoms with Gasteiger partial charge in [-0.25, -0.2) is 4.99 Å². The van der Waals surface area contributed by atoms with Crippen LogP contribution < -0.4 is 16.4 Å². The number of amides is 1. The van der Waals surface area contributed by atoms with Crippen molar-refractivity contribution in [1.29, 1.82) is 0 Å². The minimum absolute atomic E-state index is 0. The Morgan fingerprint density at radius 1 is 1.19 bits per heavy atom. The SMILES string of the molecule is Cc1ccc(NC(N)=NCc2cccc(NC(=O)C3CCCO3)c2)cc1.I. The molecule has 0 aliphatic carbocycles. The van der Waals surface area contributed by atoms with Gasteiger partial charge in [-0.2, -0.15) is 0 Å². The van der Waals surface area contributed by atoms with Crippen molar-refractivity contribution in [2.45, 2.75) is 32.4 Å². The van der Waals surface area contributed by atoms with Gasteiger partial charge in [-0.15, -0.1) is 24.0 Å². The first-order valence-corrected chi connectivity index (χ1v) is 8.75. The third kappa shape index (κ3) is 6.51. The lowest BCUT2D eigenvalue weighted by Gasteiger charge is -2.11. The predicted octanol–water partition coefficient (Wildman–Crippen LogP) is 3.66. The highest BCUT2D eigenvalue weighted by Crippen LogP contribution is 2.16. The number of aryl methyl sites for hydroxylation is 1. The quantitative estimate of drug-likeness (QED) is 0.346. The second-order valence-electron chi connectivity index (χ2n) is 6.38. The van der Waals surface area contributed by atoms with Gasteiger partial charge in [0.15, 0.2) is 5.96 Å². The standard InChI is InChI=1S/C20H24N4O2.HI/c1-14-7-9-16(10-8-14)24-20(21)22-13-15-4-2-5-17(12-15)23-19(25)18-6-3-11-26-18;/h2,4-5,7-10,12,18H,3,6,11,13H2,1H3,(H,23,25)(H3,21,22,24);1H. The summed E-state index contributed by atoms with van der Waals surface area (Å²) < 4.78 is 5.40. The first-order valence-electron chi connectivity index (χ1n) is 8.75. The molecule has 0 aromatic heterocycles. The molecular weight excluding hydrogens is 455 g/mol. The van der Waals surface area contributed by atoms with Crippen molar-refractivity contribution in [2.24, 2.45) is 10.7 Å². The van der Waals surface area contributed by atoms with Gasteiger partial charge in [-0.1, -0.05) is 29.8 Å². The highest BCUT2D eigenvalue weighted by atomic mass is 127. The number of ether oxygens (including phenoxy) is 1. The van der Waals surface area contributed by atoms with E-state index in [1.807, 2.05) is 55.5 Å². The maximum absolute atomic E-state index is 12.1. The summed E-state index contributed by atoms with van der Waals surface area (Å²) in [6, 6.07) is 15.5. The zero-order valence-electron chi connectivity index (χ0n) is 15.3. The number of hydrogen-bond acceptors (Lipinski definition) is 3. The first kappa shape index (κ1) is 21.2. The summed E-state index contributed by atoms with van der Waals surface area (Å²) in [6.45, 7) is 3.11. The topological polar surface area (TPSA) is 88.7 Å². The van der Waals surface area contributed by atoms with Gasteiger partial charge in [-0.3, -0.25) is 4.79 Å². The Morgan fingerprint density at radius 2 is 1.96 bits per heavy atom. The summed E-state index contributed by atoms with van der Waals surface area (Å²) >= 11 is 0. The van der Waals surface area contributed by atoms with Crippen molar-refractivity contribution >= 4 is 47.2 Å². The number of hydrogen-bond donors (Lipinski definition) is 3. The third-order valence-electron chi connectivity index (χ3n) is 4.17. The van der Waals surface area contributed by atoms with Gasteiger partial charge in [-0.05, 0) is 49.6 Å². The number of rotatable bonds is 5. The number of carbonyl (C=O) groups excluding carboxylic acids is 1. The van der Waals surface area contributed by atoms with Crippen LogP contribution in [0.1, 0.15) is 24.0 Å². The van der Waals surface area contributed by atoms with Crippen LogP contribution in [0.15, 0.2) is 53.5 Å². The summed E-state index contributed by atoms with van der Waals surface area (Å²) in [5, 5.41) is 5.96. The lowest BCUT2D eigenvalue weighted by Crippen LogP contribution is -2.26. The normalized spacial score (nSPS) is 16.5. The molecular formula is C20H25IN4O2. The van der Waals surface area contributed by atoms with Crippen molar-refractivity contribution in [3.8, 4) is 0 Å². The number of nitrogens with two attached hydrogens (primary N) is 1. The number of carbonyl (C=O) groups is 1. The Hall–Kier alpha value is -2.13. The number of nitrogens with one attached hydrogen (secondary N) is 2. The molecule has 6 nitrogen and oxygen atoms in total. The average molecular weight is 480 g/mol. The second-order valence-corrected chi connectivity index (χ2v) is 6.38. The van der Waals surface area contributed by atoms with E-state index in [0.29, 0.717) is 19.1 Å². The molecule has 0 radical (unpaired) electrons. The van der Waals surface area contributed by atoms with Crippen molar-refractivity contribution in [3.63, 3.8) is 0 Å². The fraction of sp³-hybridized carbons (Fsp3) is 0.300. The fourth-order valence-electron chi connectivity index (χ4n) is 2.76. The van der Waals surface area contributed by atoms with E-state index in [2.05, 4.69) is 15.6 Å². The van der Waals surface area contributed by atoms with E-state index in [-0.39, 0.29) is 36.0 Å². The summed E-state index contributed by atoms with van der Waals surface area (Å²) in [6.07, 6.45) is 1.36. The van der Waals surface area contributed by atoms with E-state index in [1.165, 1.54) is 5.56 Å². The van der Waals surface area contributed by atoms with Gasteiger partial charge in [0.25, 0.3) is 5.91 Å². The van der Waals surface area contributed by atoms with E-state index in [1.54, 1.807) is 0 Å². The Kier molecular flexibility index (Phi) is 8.05. The average Bonchev–Trinajstić information content (AvgIpc) is 3.17. The van der Waals surface area contributed by atoms with Crippen LogP contribution in [0.2, 0.25) is 0 Å². The molecule has 1 aliphatic rings. The molecule has 3 rings (SSSR count). The molecule has 0 spiro atoms. The summed E-state index contributed by atoms with van der Waals surface area (Å²) in [5.41, 5.74) is 9.73. The largest absolute Gasteiger partial charge is 0.370 e. The molecule has 1 saturated heterocycles. The molecule has 1 atom stereocenters. The molecule has 0 saturated carbocycles. The van der Waals surface area contributed by atoms with Crippen LogP contribution in [0.25, 0.3) is 0 Å². The Morgan fingerprint density at radius 3 is 2.67 bits per heavy atom. The Bertz CT molecular complexity index is 787. The molecule has 144 valence electrons. The van der Waals surface area contributed by atoms with Gasteiger partial charge < -0.3 is 21.1 Å². The van der Waals surface area contributed by atoms with Crippen molar-refractivity contribution in [1.82, 2.24) is 0 Å². The smallest absolute Gasteiger partial charge is 0.253 e. The molecule has 1 heterocycles. The molecule has 0 bridgehead atoms. The first-order chi connectivity index (χ1) is 12.6. The molecule has 27 heavy (non-hydrogen) atoms. The van der Waals surface area contributed by atoms with Gasteiger partial charge in [0.2, 0.25) is 0 Å². The Balaban J connectivity index is 0.00000261. The van der Waals surface area contributed by atoms with E-state index in [9.17, 15) is 4.79 Å². The molecule has 1 amide bonds. The lowest BCUT2D eigenvalue weighted by molar-refractivity contribution is -0.124. The molecule has 1 fully saturated rings. The molecule has 7 heteroatoms. The van der Waals surface area contributed by atoms with Gasteiger partial charge >= 0.3 is 0 Å². The van der Waals surface area contributed by atoms with Crippen molar-refractivity contribution < 1.29 is 9.53 Å². The number of halogens is 1. The maximum Gasteiger partial charge on any atom is 0.253 e. The van der Waals surface area contributed by atoms with E-state index >= 15 is 0 Å². The number of guanidine groups is 1. The molecule has 4 N–H and O–H groups in total. The van der Waals surface area contributed by atoms with Crippen LogP contribution in [-0.2, 0) is 16.1 Å². The number of benzene rings is 2. The van der Waals surface area contributed by atoms with Crippen LogP contribution in [0.3, 0.4) is 0 Å². The highest BCUT2D eigenvalue weighted by molar-refractivity contribution is 14.0. The third-order valence-corrected chi connectivity index (χ3v) is 4.17. The van der Waals surface area contributed by atoms with Crippen LogP contribution in [0.5, 0.6) is 0 Å². The zero-order valence-corrected chi connectivity index (χ0v) is 17.6. The Labute approximate surface area is 176 Å². The summed E-state index contributed by atoms with van der Waals surface area (Å²) in [5.74, 6) is 0.256. The molecule has 1 aliphatic heterocycles. The lowest BCUT2D eigenvalue weighted by atomic mass is 10.2. The van der Waals surface area contributed by atoms with Crippen LogP contribution in [0, 0.1) is 6.92 Å². The highest BCUT2D eigenvalue weighted by Gasteiger charge is 2.23. The summed E-state index contributed by atoms with van der Waals surface area (Å²) in [4.78, 5) is 16.5.